The second kappa shape index (κ2) is 4.61. The van der Waals surface area contributed by atoms with Crippen molar-refractivity contribution in [1.29, 1.82) is 0 Å². The van der Waals surface area contributed by atoms with Crippen molar-refractivity contribution in [3.63, 3.8) is 0 Å². The number of rotatable bonds is 4. The van der Waals surface area contributed by atoms with E-state index in [9.17, 15) is 9.59 Å². The molecule has 15 heavy (non-hydrogen) atoms. The van der Waals surface area contributed by atoms with Gasteiger partial charge >= 0.3 is 5.97 Å². The van der Waals surface area contributed by atoms with Crippen LogP contribution < -0.4 is 5.32 Å². The van der Waals surface area contributed by atoms with Crippen LogP contribution in [0.5, 0.6) is 0 Å². The first-order chi connectivity index (χ1) is 7.04. The number of amides is 1. The fourth-order valence-electron chi connectivity index (χ4n) is 1.59. The molecule has 1 aliphatic rings. The minimum absolute atomic E-state index is 0.279. The van der Waals surface area contributed by atoms with Crippen molar-refractivity contribution in [3.8, 4) is 0 Å². The summed E-state index contributed by atoms with van der Waals surface area (Å²) in [6.07, 6.45) is -0.0460. The predicted octanol–water partition coefficient (Wildman–Crippen LogP) is 0.438. The lowest BCUT2D eigenvalue weighted by Gasteiger charge is -2.17. The Kier molecular flexibility index (Phi) is 3.68. The Morgan fingerprint density at radius 3 is 2.73 bits per heavy atom. The number of ether oxygens (including phenoxy) is 2. The monoisotopic (exact) mass is 215 g/mol. The first kappa shape index (κ1) is 12.0. The zero-order valence-electron chi connectivity index (χ0n) is 9.33. The number of hydrogen-bond donors (Lipinski definition) is 1. The summed E-state index contributed by atoms with van der Waals surface area (Å²) in [5.41, 5.74) is -1.10. The smallest absolute Gasteiger partial charge is 0.321 e. The third-order valence-electron chi connectivity index (χ3n) is 2.48. The summed E-state index contributed by atoms with van der Waals surface area (Å²) in [6, 6.07) is 0. The molecule has 1 aliphatic heterocycles. The van der Waals surface area contributed by atoms with E-state index in [0.717, 1.165) is 0 Å². The summed E-state index contributed by atoms with van der Waals surface area (Å²) in [5.74, 6) is -0.802. The Morgan fingerprint density at radius 1 is 1.53 bits per heavy atom. The Balaban J connectivity index is 2.69. The normalized spacial score (nSPS) is 30.1. The van der Waals surface area contributed by atoms with Crippen LogP contribution in [0.4, 0.5) is 0 Å². The van der Waals surface area contributed by atoms with Crippen LogP contribution in [0, 0.1) is 5.41 Å². The van der Waals surface area contributed by atoms with Crippen LogP contribution in [0.15, 0.2) is 0 Å². The number of esters is 1. The van der Waals surface area contributed by atoms with Crippen LogP contribution in [0.25, 0.3) is 0 Å². The number of nitrogens with one attached hydrogen (secondary N) is 1. The Hall–Kier alpha value is -1.10. The second-order valence-electron chi connectivity index (χ2n) is 3.67. The van der Waals surface area contributed by atoms with Crippen molar-refractivity contribution < 1.29 is 19.1 Å². The van der Waals surface area contributed by atoms with E-state index in [4.69, 9.17) is 9.47 Å². The molecule has 0 aliphatic carbocycles. The molecule has 0 radical (unpaired) electrons. The zero-order valence-corrected chi connectivity index (χ0v) is 9.33. The van der Waals surface area contributed by atoms with Crippen molar-refractivity contribution >= 4 is 11.9 Å². The molecule has 1 rings (SSSR count). The molecule has 1 saturated heterocycles. The second-order valence-corrected chi connectivity index (χ2v) is 3.67. The average molecular weight is 215 g/mol. The fraction of sp³-hybridized carbons (Fsp3) is 0.800. The summed E-state index contributed by atoms with van der Waals surface area (Å²) >= 11 is 0. The van der Waals surface area contributed by atoms with Crippen LogP contribution >= 0.6 is 0 Å². The highest BCUT2D eigenvalue weighted by molar-refractivity contribution is 6.03. The van der Waals surface area contributed by atoms with Crippen LogP contribution in [-0.4, -0.2) is 31.3 Å². The molecule has 1 amide bonds. The predicted molar refractivity (Wildman–Crippen MR) is 52.9 cm³/mol. The number of hydrogen-bond acceptors (Lipinski definition) is 4. The van der Waals surface area contributed by atoms with Crippen LogP contribution in [0.3, 0.4) is 0 Å². The van der Waals surface area contributed by atoms with Gasteiger partial charge in [0.1, 0.15) is 11.6 Å². The van der Waals surface area contributed by atoms with Crippen LogP contribution in [0.1, 0.15) is 27.2 Å². The van der Waals surface area contributed by atoms with E-state index in [2.05, 4.69) is 5.32 Å². The van der Waals surface area contributed by atoms with Gasteiger partial charge in [-0.05, 0) is 20.8 Å². The molecular formula is C10H17NO4. The molecule has 0 aromatic carbocycles. The fourth-order valence-corrected chi connectivity index (χ4v) is 1.59. The number of carbonyl (C=O) groups is 2. The van der Waals surface area contributed by atoms with Gasteiger partial charge in [-0.25, -0.2) is 0 Å². The van der Waals surface area contributed by atoms with Gasteiger partial charge in [-0.1, -0.05) is 0 Å². The molecular weight excluding hydrogens is 198 g/mol. The van der Waals surface area contributed by atoms with Crippen molar-refractivity contribution in [3.05, 3.63) is 0 Å². The van der Waals surface area contributed by atoms with Crippen LogP contribution in [0.2, 0.25) is 0 Å². The molecule has 0 saturated carbocycles. The molecule has 0 aromatic heterocycles. The van der Waals surface area contributed by atoms with Gasteiger partial charge in [-0.15, -0.1) is 0 Å². The van der Waals surface area contributed by atoms with E-state index >= 15 is 0 Å². The molecule has 1 N–H and O–H groups in total. The lowest BCUT2D eigenvalue weighted by atomic mass is 9.89. The highest BCUT2D eigenvalue weighted by Crippen LogP contribution is 2.31. The van der Waals surface area contributed by atoms with Crippen molar-refractivity contribution in [1.82, 2.24) is 5.32 Å². The lowest BCUT2D eigenvalue weighted by Crippen LogP contribution is -2.37. The Bertz CT molecular complexity index is 266. The van der Waals surface area contributed by atoms with Gasteiger partial charge in [0.2, 0.25) is 5.91 Å². The third kappa shape index (κ3) is 2.28. The van der Waals surface area contributed by atoms with E-state index in [-0.39, 0.29) is 18.7 Å². The largest absolute Gasteiger partial charge is 0.465 e. The summed E-state index contributed by atoms with van der Waals surface area (Å²) in [5, 5.41) is 2.62. The summed E-state index contributed by atoms with van der Waals surface area (Å²) in [7, 11) is 0. The van der Waals surface area contributed by atoms with Gasteiger partial charge in [-0.2, -0.15) is 0 Å². The maximum atomic E-state index is 11.6. The highest BCUT2D eigenvalue weighted by atomic mass is 16.5. The standard InChI is InChI=1S/C10H17NO4/c1-4-14-7-6-10(3,8(12)11-7)9(13)15-5-2/h7H,4-6H2,1-3H3,(H,11,12)/t7-,10+/m0/s1. The van der Waals surface area contributed by atoms with Crippen molar-refractivity contribution in [2.45, 2.75) is 33.4 Å². The molecule has 86 valence electrons. The average Bonchev–Trinajstić information content (AvgIpc) is 2.45. The van der Waals surface area contributed by atoms with E-state index in [1.165, 1.54) is 0 Å². The SMILES string of the molecule is CCOC(=O)[C@]1(C)C[C@H](OCC)NC1=O. The maximum Gasteiger partial charge on any atom is 0.321 e. The molecule has 0 bridgehead atoms. The summed E-state index contributed by atoms with van der Waals surface area (Å²) in [4.78, 5) is 23.2. The number of carbonyl (C=O) groups excluding carboxylic acids is 2. The summed E-state index contributed by atoms with van der Waals surface area (Å²) < 4.78 is 10.1. The van der Waals surface area contributed by atoms with Gasteiger partial charge < -0.3 is 14.8 Å². The van der Waals surface area contributed by atoms with Gasteiger partial charge in [0.25, 0.3) is 0 Å². The quantitative estimate of drug-likeness (QED) is 0.546. The van der Waals surface area contributed by atoms with E-state index in [1.807, 2.05) is 6.92 Å². The summed E-state index contributed by atoms with van der Waals surface area (Å²) in [6.45, 7) is 5.92. The molecule has 1 heterocycles. The first-order valence-electron chi connectivity index (χ1n) is 5.14. The molecule has 2 atom stereocenters. The zero-order chi connectivity index (χ0) is 11.5. The topological polar surface area (TPSA) is 64.6 Å². The van der Waals surface area contributed by atoms with E-state index < -0.39 is 11.4 Å². The molecule has 0 aromatic rings. The molecule has 5 nitrogen and oxygen atoms in total. The molecule has 0 spiro atoms. The Labute approximate surface area is 89.1 Å². The highest BCUT2D eigenvalue weighted by Gasteiger charge is 2.50. The lowest BCUT2D eigenvalue weighted by molar-refractivity contribution is -0.158. The van der Waals surface area contributed by atoms with Gasteiger partial charge in [0.15, 0.2) is 0 Å². The van der Waals surface area contributed by atoms with E-state index in [0.29, 0.717) is 13.0 Å². The molecule has 1 fully saturated rings. The van der Waals surface area contributed by atoms with E-state index in [1.54, 1.807) is 13.8 Å². The molecule has 5 heteroatoms. The molecule has 0 unspecified atom stereocenters. The van der Waals surface area contributed by atoms with Gasteiger partial charge in [-0.3, -0.25) is 9.59 Å². The van der Waals surface area contributed by atoms with Crippen molar-refractivity contribution in [2.75, 3.05) is 13.2 Å². The van der Waals surface area contributed by atoms with Gasteiger partial charge in [0, 0.05) is 13.0 Å². The van der Waals surface area contributed by atoms with Crippen LogP contribution in [-0.2, 0) is 19.1 Å². The maximum absolute atomic E-state index is 11.6. The van der Waals surface area contributed by atoms with Crippen molar-refractivity contribution in [2.24, 2.45) is 5.41 Å². The van der Waals surface area contributed by atoms with Gasteiger partial charge in [0.05, 0.1) is 6.61 Å². The first-order valence-corrected chi connectivity index (χ1v) is 5.14. The minimum atomic E-state index is -1.10. The minimum Gasteiger partial charge on any atom is -0.465 e. The Morgan fingerprint density at radius 2 is 2.20 bits per heavy atom. The third-order valence-corrected chi connectivity index (χ3v) is 2.48.